The molecule has 0 radical (unpaired) electrons. The van der Waals surface area contributed by atoms with Crippen molar-refractivity contribution >= 4 is 17.5 Å². The van der Waals surface area contributed by atoms with E-state index in [4.69, 9.17) is 0 Å². The minimum Gasteiger partial charge on any atom is -0.340 e. The molecular formula is C18H21FN4O. The zero-order valence-electron chi connectivity index (χ0n) is 13.9. The minimum atomic E-state index is -0.316. The molecule has 3 rings (SSSR count). The molecule has 1 aromatic carbocycles. The minimum absolute atomic E-state index is 0.0457. The van der Waals surface area contributed by atoms with Gasteiger partial charge in [-0.1, -0.05) is 0 Å². The van der Waals surface area contributed by atoms with E-state index in [1.807, 2.05) is 19.9 Å². The molecule has 6 heteroatoms. The van der Waals surface area contributed by atoms with Crippen LogP contribution < -0.4 is 10.2 Å². The quantitative estimate of drug-likeness (QED) is 0.941. The Balaban J connectivity index is 1.68. The third-order valence-corrected chi connectivity index (χ3v) is 4.16. The molecular weight excluding hydrogens is 307 g/mol. The van der Waals surface area contributed by atoms with Crippen LogP contribution in [0.3, 0.4) is 0 Å². The van der Waals surface area contributed by atoms with Crippen LogP contribution in [0, 0.1) is 25.6 Å². The van der Waals surface area contributed by atoms with E-state index < -0.39 is 0 Å². The molecule has 0 bridgehead atoms. The van der Waals surface area contributed by atoms with Crippen LogP contribution >= 0.6 is 0 Å². The second-order valence-corrected chi connectivity index (χ2v) is 6.23. The first kappa shape index (κ1) is 16.4. The van der Waals surface area contributed by atoms with Gasteiger partial charge in [-0.15, -0.1) is 0 Å². The van der Waals surface area contributed by atoms with Gasteiger partial charge in [0.25, 0.3) is 0 Å². The van der Waals surface area contributed by atoms with Gasteiger partial charge < -0.3 is 10.2 Å². The monoisotopic (exact) mass is 328 g/mol. The fourth-order valence-corrected chi connectivity index (χ4v) is 3.00. The maximum Gasteiger partial charge on any atom is 0.229 e. The molecule has 1 atom stereocenters. The van der Waals surface area contributed by atoms with Crippen LogP contribution in [0.4, 0.5) is 16.0 Å². The molecule has 24 heavy (non-hydrogen) atoms. The number of nitrogens with one attached hydrogen (secondary N) is 1. The highest BCUT2D eigenvalue weighted by Crippen LogP contribution is 2.22. The van der Waals surface area contributed by atoms with Gasteiger partial charge in [0, 0.05) is 30.2 Å². The third-order valence-electron chi connectivity index (χ3n) is 4.16. The van der Waals surface area contributed by atoms with Crippen molar-refractivity contribution in [3.63, 3.8) is 0 Å². The first-order valence-corrected chi connectivity index (χ1v) is 8.15. The number of carbonyl (C=O) groups excluding carboxylic acids is 1. The normalized spacial score (nSPS) is 17.6. The fraction of sp³-hybridized carbons (Fsp3) is 0.389. The summed E-state index contributed by atoms with van der Waals surface area (Å²) in [6.07, 6.45) is 1.74. The highest BCUT2D eigenvalue weighted by atomic mass is 19.1. The van der Waals surface area contributed by atoms with E-state index in [-0.39, 0.29) is 17.6 Å². The third kappa shape index (κ3) is 3.88. The lowest BCUT2D eigenvalue weighted by Gasteiger charge is -2.32. The second-order valence-electron chi connectivity index (χ2n) is 6.23. The summed E-state index contributed by atoms with van der Waals surface area (Å²) in [5.41, 5.74) is 2.46. The Kier molecular flexibility index (Phi) is 4.74. The van der Waals surface area contributed by atoms with E-state index >= 15 is 0 Å². The largest absolute Gasteiger partial charge is 0.340 e. The summed E-state index contributed by atoms with van der Waals surface area (Å²) in [5, 5.41) is 2.86. The van der Waals surface area contributed by atoms with Gasteiger partial charge in [-0.3, -0.25) is 4.79 Å². The molecule has 0 saturated carbocycles. The molecule has 1 N–H and O–H groups in total. The fourth-order valence-electron chi connectivity index (χ4n) is 3.00. The molecule has 0 spiro atoms. The van der Waals surface area contributed by atoms with Crippen LogP contribution in [0.1, 0.15) is 24.2 Å². The van der Waals surface area contributed by atoms with Crippen molar-refractivity contribution in [3.8, 4) is 0 Å². The van der Waals surface area contributed by atoms with Crippen LogP contribution in [0.2, 0.25) is 0 Å². The van der Waals surface area contributed by atoms with Crippen LogP contribution in [0.25, 0.3) is 0 Å². The number of nitrogens with zero attached hydrogens (tertiary/aromatic N) is 3. The first-order chi connectivity index (χ1) is 11.5. The van der Waals surface area contributed by atoms with Crippen molar-refractivity contribution in [2.24, 2.45) is 5.92 Å². The molecule has 1 amide bonds. The summed E-state index contributed by atoms with van der Waals surface area (Å²) >= 11 is 0. The van der Waals surface area contributed by atoms with Crippen molar-refractivity contribution in [1.82, 2.24) is 9.97 Å². The van der Waals surface area contributed by atoms with Gasteiger partial charge in [-0.05, 0) is 57.0 Å². The van der Waals surface area contributed by atoms with Gasteiger partial charge in [-0.2, -0.15) is 0 Å². The summed E-state index contributed by atoms with van der Waals surface area (Å²) in [7, 11) is 0. The Morgan fingerprint density at radius 3 is 2.54 bits per heavy atom. The first-order valence-electron chi connectivity index (χ1n) is 8.15. The molecule has 0 aliphatic carbocycles. The van der Waals surface area contributed by atoms with Gasteiger partial charge in [0.2, 0.25) is 11.9 Å². The Bertz CT molecular complexity index is 712. The highest BCUT2D eigenvalue weighted by Gasteiger charge is 2.27. The predicted molar refractivity (Wildman–Crippen MR) is 91.5 cm³/mol. The van der Waals surface area contributed by atoms with Crippen molar-refractivity contribution in [2.45, 2.75) is 26.7 Å². The molecule has 5 nitrogen and oxygen atoms in total. The summed E-state index contributed by atoms with van der Waals surface area (Å²) in [6.45, 7) is 5.33. The van der Waals surface area contributed by atoms with E-state index in [9.17, 15) is 9.18 Å². The predicted octanol–water partition coefficient (Wildman–Crippen LogP) is 3.09. The van der Waals surface area contributed by atoms with Gasteiger partial charge in [0.1, 0.15) is 5.82 Å². The number of rotatable bonds is 3. The maximum atomic E-state index is 12.9. The van der Waals surface area contributed by atoms with Crippen LogP contribution in [0.5, 0.6) is 0 Å². The number of hydrogen-bond acceptors (Lipinski definition) is 4. The molecule has 1 aliphatic heterocycles. The second kappa shape index (κ2) is 6.95. The number of amides is 1. The topological polar surface area (TPSA) is 58.1 Å². The Morgan fingerprint density at radius 2 is 1.88 bits per heavy atom. The molecule has 2 heterocycles. The number of piperidine rings is 1. The van der Waals surface area contributed by atoms with Gasteiger partial charge >= 0.3 is 0 Å². The molecule has 126 valence electrons. The van der Waals surface area contributed by atoms with Crippen LogP contribution in [-0.4, -0.2) is 29.0 Å². The number of halogens is 1. The molecule has 1 aromatic heterocycles. The molecule has 1 aliphatic rings. The number of aryl methyl sites for hydroxylation is 2. The number of aromatic nitrogens is 2. The SMILES string of the molecule is Cc1cc(C)nc(N2CCC[C@@H](C(=O)Nc3ccc(F)cc3)C2)n1. The van der Waals surface area contributed by atoms with Gasteiger partial charge in [-0.25, -0.2) is 14.4 Å². The molecule has 1 fully saturated rings. The molecule has 0 unspecified atom stereocenters. The van der Waals surface area contributed by atoms with Crippen molar-refractivity contribution < 1.29 is 9.18 Å². The van der Waals surface area contributed by atoms with Crippen LogP contribution in [0.15, 0.2) is 30.3 Å². The smallest absolute Gasteiger partial charge is 0.229 e. The van der Waals surface area contributed by atoms with Gasteiger partial charge in [0.05, 0.1) is 5.92 Å². The Hall–Kier alpha value is -2.50. The average molecular weight is 328 g/mol. The van der Waals surface area contributed by atoms with E-state index in [0.29, 0.717) is 18.2 Å². The van der Waals surface area contributed by atoms with E-state index in [1.165, 1.54) is 12.1 Å². The number of carbonyl (C=O) groups is 1. The van der Waals surface area contributed by atoms with Crippen molar-refractivity contribution in [3.05, 3.63) is 47.5 Å². The average Bonchev–Trinajstić information content (AvgIpc) is 2.56. The van der Waals surface area contributed by atoms with E-state index in [0.717, 1.165) is 30.8 Å². The summed E-state index contributed by atoms with van der Waals surface area (Å²) in [6, 6.07) is 7.76. The van der Waals surface area contributed by atoms with Crippen molar-refractivity contribution in [2.75, 3.05) is 23.3 Å². The number of hydrogen-bond donors (Lipinski definition) is 1. The Morgan fingerprint density at radius 1 is 1.21 bits per heavy atom. The lowest BCUT2D eigenvalue weighted by molar-refractivity contribution is -0.120. The lowest BCUT2D eigenvalue weighted by atomic mass is 9.97. The zero-order chi connectivity index (χ0) is 17.1. The van der Waals surface area contributed by atoms with Crippen molar-refractivity contribution in [1.29, 1.82) is 0 Å². The highest BCUT2D eigenvalue weighted by molar-refractivity contribution is 5.93. The Labute approximate surface area is 140 Å². The number of anilines is 2. The molecule has 1 saturated heterocycles. The summed E-state index contributed by atoms with van der Waals surface area (Å²) in [4.78, 5) is 23.5. The zero-order valence-corrected chi connectivity index (χ0v) is 13.9. The summed E-state index contributed by atoms with van der Waals surface area (Å²) < 4.78 is 12.9. The van der Waals surface area contributed by atoms with Crippen LogP contribution in [-0.2, 0) is 4.79 Å². The van der Waals surface area contributed by atoms with E-state index in [2.05, 4.69) is 20.2 Å². The maximum absolute atomic E-state index is 12.9. The van der Waals surface area contributed by atoms with E-state index in [1.54, 1.807) is 12.1 Å². The molecule has 2 aromatic rings. The number of benzene rings is 1. The van der Waals surface area contributed by atoms with Gasteiger partial charge in [0.15, 0.2) is 0 Å². The standard InChI is InChI=1S/C18H21FN4O/c1-12-10-13(2)21-18(20-12)23-9-3-4-14(11-23)17(24)22-16-7-5-15(19)6-8-16/h5-8,10,14H,3-4,9,11H2,1-2H3,(H,22,24)/t14-/m1/s1. The lowest BCUT2D eigenvalue weighted by Crippen LogP contribution is -2.41. The summed E-state index contributed by atoms with van der Waals surface area (Å²) in [5.74, 6) is 0.194.